The van der Waals surface area contributed by atoms with Gasteiger partial charge in [-0.3, -0.25) is 9.69 Å². The van der Waals surface area contributed by atoms with Crippen molar-refractivity contribution in [2.45, 2.75) is 51.6 Å². The number of thiazole rings is 1. The Morgan fingerprint density at radius 2 is 2.03 bits per heavy atom. The maximum absolute atomic E-state index is 12.3. The van der Waals surface area contributed by atoms with Crippen LogP contribution in [-0.2, 0) is 17.9 Å². The van der Waals surface area contributed by atoms with Gasteiger partial charge in [-0.1, -0.05) is 29.8 Å². The highest BCUT2D eigenvalue weighted by molar-refractivity contribution is 7.15. The van der Waals surface area contributed by atoms with Crippen LogP contribution in [0.3, 0.4) is 0 Å². The Balaban J connectivity index is 1.19. The van der Waals surface area contributed by atoms with Crippen molar-refractivity contribution in [3.63, 3.8) is 0 Å². The summed E-state index contributed by atoms with van der Waals surface area (Å²) in [6, 6.07) is 7.66. The maximum atomic E-state index is 12.3. The van der Waals surface area contributed by atoms with Crippen LogP contribution in [-0.4, -0.2) is 42.0 Å². The Morgan fingerprint density at radius 3 is 2.87 bits per heavy atom. The Hall–Kier alpha value is -1.63. The molecular weight excluding hydrogens is 416 g/mol. The number of likely N-dealkylation sites (tertiary alicyclic amines) is 1. The summed E-state index contributed by atoms with van der Waals surface area (Å²) in [4.78, 5) is 23.2. The van der Waals surface area contributed by atoms with Crippen LogP contribution < -0.4 is 10.2 Å². The van der Waals surface area contributed by atoms with Gasteiger partial charge in [0.1, 0.15) is 0 Å². The second-order valence-corrected chi connectivity index (χ2v) is 9.95. The lowest BCUT2D eigenvalue weighted by atomic mass is 9.93. The largest absolute Gasteiger partial charge is 0.352 e. The number of benzene rings is 1. The summed E-state index contributed by atoms with van der Waals surface area (Å²) in [5.41, 5.74) is 0.967. The highest BCUT2D eigenvalue weighted by Gasteiger charge is 2.22. The molecule has 2 aliphatic heterocycles. The lowest BCUT2D eigenvalue weighted by molar-refractivity contribution is -0.121. The fourth-order valence-electron chi connectivity index (χ4n) is 4.43. The second-order valence-electron chi connectivity index (χ2n) is 8.45. The van der Waals surface area contributed by atoms with Crippen molar-refractivity contribution >= 4 is 34.0 Å². The van der Waals surface area contributed by atoms with E-state index in [0.29, 0.717) is 23.9 Å². The molecule has 4 rings (SSSR count). The third kappa shape index (κ3) is 5.96. The SMILES string of the molecule is O=C(CCC1CCCN(Cc2cnc(N3CCCC3)s2)C1)NCc1ccccc1Cl. The van der Waals surface area contributed by atoms with E-state index in [4.69, 9.17) is 11.6 Å². The molecule has 162 valence electrons. The minimum Gasteiger partial charge on any atom is -0.352 e. The van der Waals surface area contributed by atoms with E-state index in [1.54, 1.807) is 0 Å². The molecule has 1 amide bonds. The smallest absolute Gasteiger partial charge is 0.220 e. The quantitative estimate of drug-likeness (QED) is 0.638. The van der Waals surface area contributed by atoms with Crippen molar-refractivity contribution < 1.29 is 4.79 Å². The molecule has 2 aromatic rings. The van der Waals surface area contributed by atoms with Crippen LogP contribution in [0.5, 0.6) is 0 Å². The summed E-state index contributed by atoms with van der Waals surface area (Å²) in [6.07, 6.45) is 8.60. The van der Waals surface area contributed by atoms with Gasteiger partial charge in [-0.15, -0.1) is 11.3 Å². The molecule has 1 N–H and O–H groups in total. The van der Waals surface area contributed by atoms with Crippen LogP contribution >= 0.6 is 22.9 Å². The Morgan fingerprint density at radius 1 is 1.20 bits per heavy atom. The molecule has 0 aliphatic carbocycles. The van der Waals surface area contributed by atoms with Crippen molar-refractivity contribution in [1.29, 1.82) is 0 Å². The molecular formula is C23H31ClN4OS. The molecule has 2 aliphatic rings. The van der Waals surface area contributed by atoms with Gasteiger partial charge in [0.15, 0.2) is 5.13 Å². The Labute approximate surface area is 188 Å². The van der Waals surface area contributed by atoms with Crippen LogP contribution in [0.25, 0.3) is 0 Å². The summed E-state index contributed by atoms with van der Waals surface area (Å²) in [5.74, 6) is 0.709. The van der Waals surface area contributed by atoms with Crippen LogP contribution in [0.2, 0.25) is 5.02 Å². The van der Waals surface area contributed by atoms with E-state index in [1.165, 1.54) is 35.7 Å². The van der Waals surface area contributed by atoms with Crippen molar-refractivity contribution in [3.05, 3.63) is 45.9 Å². The Bertz CT molecular complexity index is 836. The lowest BCUT2D eigenvalue weighted by Crippen LogP contribution is -2.35. The number of piperidine rings is 1. The predicted octanol–water partition coefficient (Wildman–Crippen LogP) is 4.71. The van der Waals surface area contributed by atoms with Gasteiger partial charge in [0.2, 0.25) is 5.91 Å². The van der Waals surface area contributed by atoms with Crippen LogP contribution in [0.15, 0.2) is 30.5 Å². The topological polar surface area (TPSA) is 48.5 Å². The first-order valence-electron chi connectivity index (χ1n) is 11.1. The molecule has 0 radical (unpaired) electrons. The molecule has 2 fully saturated rings. The van der Waals surface area contributed by atoms with Crippen molar-refractivity contribution in [2.24, 2.45) is 5.92 Å². The van der Waals surface area contributed by atoms with E-state index >= 15 is 0 Å². The van der Waals surface area contributed by atoms with Crippen LogP contribution in [0, 0.1) is 5.92 Å². The molecule has 0 bridgehead atoms. The number of amides is 1. The lowest BCUT2D eigenvalue weighted by Gasteiger charge is -2.32. The van der Waals surface area contributed by atoms with Crippen molar-refractivity contribution in [2.75, 3.05) is 31.1 Å². The summed E-state index contributed by atoms with van der Waals surface area (Å²) in [5, 5.41) is 4.90. The van der Waals surface area contributed by atoms with Gasteiger partial charge in [0, 0.05) is 55.2 Å². The van der Waals surface area contributed by atoms with Gasteiger partial charge in [-0.25, -0.2) is 4.98 Å². The highest BCUT2D eigenvalue weighted by atomic mass is 35.5. The van der Waals surface area contributed by atoms with Crippen molar-refractivity contribution in [1.82, 2.24) is 15.2 Å². The van der Waals surface area contributed by atoms with E-state index in [2.05, 4.69) is 26.3 Å². The number of nitrogens with zero attached hydrogens (tertiary/aromatic N) is 3. The highest BCUT2D eigenvalue weighted by Crippen LogP contribution is 2.28. The van der Waals surface area contributed by atoms with Gasteiger partial charge in [-0.2, -0.15) is 0 Å². The van der Waals surface area contributed by atoms with Gasteiger partial charge in [-0.05, 0) is 56.2 Å². The number of anilines is 1. The fourth-order valence-corrected chi connectivity index (χ4v) is 5.64. The molecule has 3 heterocycles. The maximum Gasteiger partial charge on any atom is 0.220 e. The molecule has 5 nitrogen and oxygen atoms in total. The molecule has 1 unspecified atom stereocenters. The molecule has 0 spiro atoms. The first kappa shape index (κ1) is 21.6. The minimum atomic E-state index is 0.116. The third-order valence-corrected chi connectivity index (χ3v) is 7.53. The third-order valence-electron chi connectivity index (χ3n) is 6.11. The monoisotopic (exact) mass is 446 g/mol. The zero-order valence-electron chi connectivity index (χ0n) is 17.5. The average molecular weight is 447 g/mol. The van der Waals surface area contributed by atoms with Gasteiger partial charge < -0.3 is 10.2 Å². The summed E-state index contributed by atoms with van der Waals surface area (Å²) >= 11 is 8.01. The molecule has 1 atom stereocenters. The predicted molar refractivity (Wildman–Crippen MR) is 124 cm³/mol. The number of halogens is 1. The standard InChI is InChI=1S/C23H31ClN4OS/c24-21-8-2-1-7-19(21)14-25-22(29)10-9-18-6-5-11-27(16-18)17-20-15-26-23(30-20)28-12-3-4-13-28/h1-2,7-8,15,18H,3-6,9-14,16-17H2,(H,25,29). The molecule has 0 saturated carbocycles. The van der Waals surface area contributed by atoms with Crippen LogP contribution in [0.1, 0.15) is 49.0 Å². The first-order valence-corrected chi connectivity index (χ1v) is 12.3. The fraction of sp³-hybridized carbons (Fsp3) is 0.565. The van der Waals surface area contributed by atoms with E-state index < -0.39 is 0 Å². The van der Waals surface area contributed by atoms with Gasteiger partial charge in [0.05, 0.1) is 0 Å². The Kier molecular flexibility index (Phi) is 7.63. The van der Waals surface area contributed by atoms with Gasteiger partial charge in [0.25, 0.3) is 0 Å². The molecule has 2 saturated heterocycles. The number of aromatic nitrogens is 1. The molecule has 1 aromatic heterocycles. The average Bonchev–Trinajstić information content (AvgIpc) is 3.44. The van der Waals surface area contributed by atoms with Crippen molar-refractivity contribution in [3.8, 4) is 0 Å². The normalized spacial score (nSPS) is 19.9. The first-order chi connectivity index (χ1) is 14.7. The van der Waals surface area contributed by atoms with E-state index in [9.17, 15) is 4.79 Å². The second kappa shape index (κ2) is 10.6. The number of nitrogens with one attached hydrogen (secondary N) is 1. The zero-order valence-corrected chi connectivity index (χ0v) is 19.1. The zero-order chi connectivity index (χ0) is 20.8. The number of carbonyl (C=O) groups excluding carboxylic acids is 1. The van der Waals surface area contributed by atoms with E-state index in [0.717, 1.165) is 44.7 Å². The summed E-state index contributed by atoms with van der Waals surface area (Å²) in [6.45, 7) is 6.01. The van der Waals surface area contributed by atoms with E-state index in [1.807, 2.05) is 35.6 Å². The number of carbonyl (C=O) groups is 1. The van der Waals surface area contributed by atoms with Crippen LogP contribution in [0.4, 0.5) is 5.13 Å². The summed E-state index contributed by atoms with van der Waals surface area (Å²) in [7, 11) is 0. The number of rotatable bonds is 8. The molecule has 30 heavy (non-hydrogen) atoms. The van der Waals surface area contributed by atoms with E-state index in [-0.39, 0.29) is 5.91 Å². The minimum absolute atomic E-state index is 0.116. The number of hydrogen-bond acceptors (Lipinski definition) is 5. The number of hydrogen-bond donors (Lipinski definition) is 1. The molecule has 1 aromatic carbocycles. The van der Waals surface area contributed by atoms with Gasteiger partial charge >= 0.3 is 0 Å². The molecule has 7 heteroatoms. The summed E-state index contributed by atoms with van der Waals surface area (Å²) < 4.78 is 0.